The Balaban J connectivity index is 2.24. The molecule has 0 aliphatic carbocycles. The molecule has 2 aromatic rings. The zero-order valence-corrected chi connectivity index (χ0v) is 13.7. The number of nitrogens with one attached hydrogen (secondary N) is 1. The van der Waals surface area contributed by atoms with Crippen molar-refractivity contribution < 1.29 is 8.42 Å². The van der Waals surface area contributed by atoms with Gasteiger partial charge in [0.2, 0.25) is 0 Å². The Labute approximate surface area is 132 Å². The van der Waals surface area contributed by atoms with Crippen molar-refractivity contribution >= 4 is 38.3 Å². The van der Waals surface area contributed by atoms with Crippen LogP contribution >= 0.6 is 22.6 Å². The van der Waals surface area contributed by atoms with Crippen LogP contribution in [-0.4, -0.2) is 15.0 Å². The van der Waals surface area contributed by atoms with E-state index in [-0.39, 0.29) is 4.90 Å². The van der Waals surface area contributed by atoms with Crippen LogP contribution < -0.4 is 10.5 Å². The van der Waals surface area contributed by atoms with E-state index in [0.717, 1.165) is 15.6 Å². The molecule has 0 amide bonds. The summed E-state index contributed by atoms with van der Waals surface area (Å²) in [7, 11) is -3.55. The number of anilines is 1. The molecule has 3 N–H and O–H groups in total. The maximum Gasteiger partial charge on any atom is 0.261 e. The van der Waals surface area contributed by atoms with E-state index >= 15 is 0 Å². The van der Waals surface area contributed by atoms with Gasteiger partial charge >= 0.3 is 0 Å². The van der Waals surface area contributed by atoms with Gasteiger partial charge in [0.1, 0.15) is 0 Å². The summed E-state index contributed by atoms with van der Waals surface area (Å²) in [6.45, 7) is 0.548. The summed E-state index contributed by atoms with van der Waals surface area (Å²) in [6, 6.07) is 14.0. The SMILES string of the molecule is NCCc1ccc(S(=O)(=O)Nc2ccccc2I)cc1. The van der Waals surface area contributed by atoms with Gasteiger partial charge in [0.15, 0.2) is 0 Å². The third-order valence-electron chi connectivity index (χ3n) is 2.78. The van der Waals surface area contributed by atoms with Gasteiger partial charge in [0.25, 0.3) is 10.0 Å². The lowest BCUT2D eigenvalue weighted by molar-refractivity contribution is 0.601. The third-order valence-corrected chi connectivity index (χ3v) is 5.11. The average Bonchev–Trinajstić information content (AvgIpc) is 2.42. The minimum atomic E-state index is -3.55. The summed E-state index contributed by atoms with van der Waals surface area (Å²) in [4.78, 5) is 0.248. The lowest BCUT2D eigenvalue weighted by Gasteiger charge is -2.10. The smallest absolute Gasteiger partial charge is 0.261 e. The molecule has 2 rings (SSSR count). The van der Waals surface area contributed by atoms with Crippen LogP contribution in [0.5, 0.6) is 0 Å². The predicted octanol–water partition coefficient (Wildman–Crippen LogP) is 2.59. The highest BCUT2D eigenvalue weighted by Crippen LogP contribution is 2.21. The Hall–Kier alpha value is -1.12. The van der Waals surface area contributed by atoms with E-state index in [1.54, 1.807) is 36.4 Å². The fourth-order valence-corrected chi connectivity index (χ4v) is 3.53. The molecule has 0 fully saturated rings. The molecule has 0 aliphatic heterocycles. The van der Waals surface area contributed by atoms with Crippen LogP contribution in [0.1, 0.15) is 5.56 Å². The lowest BCUT2D eigenvalue weighted by Crippen LogP contribution is -2.14. The summed E-state index contributed by atoms with van der Waals surface area (Å²) in [5.41, 5.74) is 7.08. The maximum absolute atomic E-state index is 12.3. The van der Waals surface area contributed by atoms with Gasteiger partial charge in [-0.3, -0.25) is 4.72 Å². The Morgan fingerprint density at radius 3 is 2.30 bits per heavy atom. The Morgan fingerprint density at radius 2 is 1.70 bits per heavy atom. The predicted molar refractivity (Wildman–Crippen MR) is 89.2 cm³/mol. The van der Waals surface area contributed by atoms with Gasteiger partial charge in [-0.1, -0.05) is 24.3 Å². The molecule has 0 heterocycles. The molecule has 6 heteroatoms. The van der Waals surface area contributed by atoms with Crippen molar-refractivity contribution in [3.63, 3.8) is 0 Å². The second kappa shape index (κ2) is 6.55. The molecule has 0 atom stereocenters. The van der Waals surface area contributed by atoms with Gasteiger partial charge in [-0.05, 0) is 65.4 Å². The maximum atomic E-state index is 12.3. The second-order valence-corrected chi connectivity index (χ2v) is 7.11. The molecular formula is C14H15IN2O2S. The van der Waals surface area contributed by atoms with E-state index in [0.29, 0.717) is 12.2 Å². The minimum Gasteiger partial charge on any atom is -0.330 e. The van der Waals surface area contributed by atoms with Gasteiger partial charge in [-0.2, -0.15) is 0 Å². The van der Waals surface area contributed by atoms with Crippen molar-refractivity contribution in [2.45, 2.75) is 11.3 Å². The first-order valence-electron chi connectivity index (χ1n) is 6.09. The quantitative estimate of drug-likeness (QED) is 0.756. The van der Waals surface area contributed by atoms with Gasteiger partial charge in [0, 0.05) is 3.57 Å². The Morgan fingerprint density at radius 1 is 1.05 bits per heavy atom. The standard InChI is InChI=1S/C14H15IN2O2S/c15-13-3-1-2-4-14(13)17-20(18,19)12-7-5-11(6-8-12)9-10-16/h1-8,17H,9-10,16H2. The number of benzene rings is 2. The van der Waals surface area contributed by atoms with Gasteiger partial charge in [-0.25, -0.2) is 8.42 Å². The number of para-hydroxylation sites is 1. The molecular weight excluding hydrogens is 387 g/mol. The number of hydrogen-bond donors (Lipinski definition) is 2. The molecule has 0 aromatic heterocycles. The van der Waals surface area contributed by atoms with Crippen molar-refractivity contribution in [3.8, 4) is 0 Å². The average molecular weight is 402 g/mol. The molecule has 4 nitrogen and oxygen atoms in total. The van der Waals surface area contributed by atoms with E-state index < -0.39 is 10.0 Å². The number of nitrogens with two attached hydrogens (primary N) is 1. The summed E-state index contributed by atoms with van der Waals surface area (Å²) in [5.74, 6) is 0. The van der Waals surface area contributed by atoms with Crippen LogP contribution in [0.4, 0.5) is 5.69 Å². The number of sulfonamides is 1. The monoisotopic (exact) mass is 402 g/mol. The largest absolute Gasteiger partial charge is 0.330 e. The normalized spacial score (nSPS) is 11.3. The summed E-state index contributed by atoms with van der Waals surface area (Å²) < 4.78 is 28.0. The van der Waals surface area contributed by atoms with Crippen molar-refractivity contribution in [1.82, 2.24) is 0 Å². The van der Waals surface area contributed by atoms with E-state index in [4.69, 9.17) is 5.73 Å². The highest BCUT2D eigenvalue weighted by Gasteiger charge is 2.15. The Bertz CT molecular complexity index is 685. The zero-order valence-electron chi connectivity index (χ0n) is 10.7. The minimum absolute atomic E-state index is 0.248. The van der Waals surface area contributed by atoms with Crippen LogP contribution in [-0.2, 0) is 16.4 Å². The lowest BCUT2D eigenvalue weighted by atomic mass is 10.2. The molecule has 0 radical (unpaired) electrons. The van der Waals surface area contributed by atoms with E-state index in [1.165, 1.54) is 0 Å². The third kappa shape index (κ3) is 3.71. The van der Waals surface area contributed by atoms with E-state index in [1.807, 2.05) is 12.1 Å². The first kappa shape index (κ1) is 15.3. The summed E-state index contributed by atoms with van der Waals surface area (Å²) in [6.07, 6.45) is 0.740. The van der Waals surface area contributed by atoms with Gasteiger partial charge in [-0.15, -0.1) is 0 Å². The van der Waals surface area contributed by atoms with Crippen LogP contribution in [0.25, 0.3) is 0 Å². The van der Waals surface area contributed by atoms with Crippen molar-refractivity contribution in [2.24, 2.45) is 5.73 Å². The van der Waals surface area contributed by atoms with Crippen molar-refractivity contribution in [1.29, 1.82) is 0 Å². The number of rotatable bonds is 5. The van der Waals surface area contributed by atoms with Crippen molar-refractivity contribution in [2.75, 3.05) is 11.3 Å². The van der Waals surface area contributed by atoms with Gasteiger partial charge < -0.3 is 5.73 Å². The fraction of sp³-hybridized carbons (Fsp3) is 0.143. The van der Waals surface area contributed by atoms with E-state index in [2.05, 4.69) is 27.3 Å². The molecule has 0 saturated heterocycles. The van der Waals surface area contributed by atoms with E-state index in [9.17, 15) is 8.42 Å². The van der Waals surface area contributed by atoms with Crippen LogP contribution in [0.3, 0.4) is 0 Å². The molecule has 0 aliphatic rings. The molecule has 2 aromatic carbocycles. The molecule has 20 heavy (non-hydrogen) atoms. The second-order valence-electron chi connectivity index (χ2n) is 4.27. The number of halogens is 1. The molecule has 0 spiro atoms. The van der Waals surface area contributed by atoms with Crippen molar-refractivity contribution in [3.05, 3.63) is 57.7 Å². The highest BCUT2D eigenvalue weighted by molar-refractivity contribution is 14.1. The van der Waals surface area contributed by atoms with Gasteiger partial charge in [0.05, 0.1) is 10.6 Å². The van der Waals surface area contributed by atoms with Crippen LogP contribution in [0.15, 0.2) is 53.4 Å². The first-order chi connectivity index (χ1) is 9.53. The fourth-order valence-electron chi connectivity index (χ4n) is 1.75. The molecule has 0 unspecified atom stereocenters. The molecule has 0 saturated carbocycles. The van der Waals surface area contributed by atoms with Crippen LogP contribution in [0, 0.1) is 3.57 Å². The molecule has 0 bridgehead atoms. The molecule has 106 valence electrons. The first-order valence-corrected chi connectivity index (χ1v) is 8.65. The highest BCUT2D eigenvalue weighted by atomic mass is 127. The number of hydrogen-bond acceptors (Lipinski definition) is 3. The summed E-state index contributed by atoms with van der Waals surface area (Å²) >= 11 is 2.10. The Kier molecular flexibility index (Phi) is 5.00. The van der Waals surface area contributed by atoms with Crippen LogP contribution in [0.2, 0.25) is 0 Å². The topological polar surface area (TPSA) is 72.2 Å². The summed E-state index contributed by atoms with van der Waals surface area (Å²) in [5, 5.41) is 0. The zero-order chi connectivity index (χ0) is 14.6.